The van der Waals surface area contributed by atoms with Crippen LogP contribution >= 0.6 is 0 Å². The average molecular weight is 476 g/mol. The van der Waals surface area contributed by atoms with Crippen molar-refractivity contribution in [3.63, 3.8) is 0 Å². The molecule has 1 fully saturated rings. The first-order valence-electron chi connectivity index (χ1n) is 6.15. The fourth-order valence-electron chi connectivity index (χ4n) is 1.53. The molecule has 16 heavy (non-hydrogen) atoms. The monoisotopic (exact) mass is 476 g/mol. The number of rotatable bonds is 1. The van der Waals surface area contributed by atoms with Crippen molar-refractivity contribution in [2.24, 2.45) is 5.92 Å². The summed E-state index contributed by atoms with van der Waals surface area (Å²) in [6.07, 6.45) is 6.83. The summed E-state index contributed by atoms with van der Waals surface area (Å²) < 4.78 is 5.01. The van der Waals surface area contributed by atoms with Crippen molar-refractivity contribution in [3.05, 3.63) is 13.3 Å². The summed E-state index contributed by atoms with van der Waals surface area (Å²) in [5.41, 5.74) is 0. The normalized spacial score (nSPS) is 22.1. The molecule has 0 aromatic rings. The van der Waals surface area contributed by atoms with E-state index in [2.05, 4.69) is 27.9 Å². The first kappa shape index (κ1) is 24.2. The smallest absolute Gasteiger partial charge is 0.0231 e. The summed E-state index contributed by atoms with van der Waals surface area (Å²) in [6.45, 7) is 10.5. The fourth-order valence-corrected chi connectivity index (χ4v) is 1.53. The topological polar surface area (TPSA) is 42.7 Å². The van der Waals surface area contributed by atoms with Crippen molar-refractivity contribution in [1.82, 2.24) is 0 Å². The van der Waals surface area contributed by atoms with Gasteiger partial charge in [0.1, 0.15) is 0 Å². The van der Waals surface area contributed by atoms with Crippen LogP contribution in [0.4, 0.5) is 0 Å². The molecule has 0 amide bonds. The van der Waals surface area contributed by atoms with E-state index in [4.69, 9.17) is 4.74 Å². The van der Waals surface area contributed by atoms with Gasteiger partial charge in [-0.3, -0.25) is 0 Å². The molecule has 3 heteroatoms. The van der Waals surface area contributed by atoms with Gasteiger partial charge in [0.05, 0.1) is 0 Å². The molecule has 110 valence electrons. The van der Waals surface area contributed by atoms with Gasteiger partial charge >= 0.3 is 0 Å². The summed E-state index contributed by atoms with van der Waals surface area (Å²) in [7, 11) is 3.44. The molecule has 1 aliphatic carbocycles. The predicted octanol–water partition coefficient (Wildman–Crippen LogP) is 5.53. The van der Waals surface area contributed by atoms with Gasteiger partial charge < -0.3 is 10.9 Å². The molecule has 0 aromatic heterocycles. The molecule has 2 nitrogen and oxygen atoms in total. The van der Waals surface area contributed by atoms with E-state index in [1.807, 2.05) is 13.8 Å². The zero-order chi connectivity index (χ0) is 11.4. The Morgan fingerprint density at radius 1 is 1.19 bits per heavy atom. The molecular weight excluding hydrogens is 445 g/mol. The molecule has 1 saturated carbocycles. The van der Waals surface area contributed by atoms with Crippen LogP contribution in [0, 0.1) is 13.0 Å². The van der Waals surface area contributed by atoms with E-state index in [1.165, 1.54) is 32.1 Å². The third kappa shape index (κ3) is 15.4. The van der Waals surface area contributed by atoms with E-state index in [9.17, 15) is 0 Å². The van der Waals surface area contributed by atoms with Crippen LogP contribution in [0.15, 0.2) is 0 Å². The Labute approximate surface area is 97.4 Å². The van der Waals surface area contributed by atoms with Gasteiger partial charge in [-0.2, -0.15) is 0 Å². The number of nitrogens with two attached hydrogens (primary N) is 1. The molecule has 0 aromatic carbocycles. The minimum atomic E-state index is 0. The number of ether oxygens (including phenoxy) is 1. The minimum absolute atomic E-state index is 0. The van der Waals surface area contributed by atoms with E-state index in [1.54, 1.807) is 0 Å². The van der Waals surface area contributed by atoms with Crippen molar-refractivity contribution >= 4 is 0 Å². The van der Waals surface area contributed by atoms with E-state index in [0.29, 0.717) is 6.10 Å². The Morgan fingerprint density at radius 2 is 1.62 bits per heavy atom. The van der Waals surface area contributed by atoms with Gasteiger partial charge in [0, 0.05) is 6.10 Å². The predicted molar refractivity (Wildman–Crippen MR) is 70.5 cm³/mol. The van der Waals surface area contributed by atoms with Crippen LogP contribution in [0.3, 0.4) is 0 Å². The standard InChI is InChI=1S/C8H15O.C3H8.C2H6.H2N.No/c1-7-4-3-5-8(6-7)9-2;1-3-2;1-2;;/h7-8H,2-6H2,1H3;3H2,1-2H3;1-2H3;1H2;/q-1;;;-1;/t7-,8?;;;;/m1..../s1. The molecule has 1 rings (SSSR count). The van der Waals surface area contributed by atoms with Crippen molar-refractivity contribution in [2.75, 3.05) is 0 Å². The van der Waals surface area contributed by atoms with Crippen molar-refractivity contribution < 1.29 is 4.74 Å². The summed E-state index contributed by atoms with van der Waals surface area (Å²) in [4.78, 5) is 0. The van der Waals surface area contributed by atoms with E-state index in [0.717, 1.165) is 5.92 Å². The fraction of sp³-hybridized carbons (Fsp3) is 0.923. The molecule has 0 heterocycles. The first-order valence-corrected chi connectivity index (χ1v) is 6.15. The second kappa shape index (κ2) is 19.5. The molecule has 0 saturated heterocycles. The summed E-state index contributed by atoms with van der Waals surface area (Å²) in [5.74, 6) is 0.852. The van der Waals surface area contributed by atoms with Crippen LogP contribution in [0.2, 0.25) is 0 Å². The zero-order valence-corrected chi connectivity index (χ0v) is 13.9. The average Bonchev–Trinajstić information content (AvgIpc) is 2.22. The van der Waals surface area contributed by atoms with Gasteiger partial charge in [-0.25, -0.2) is 7.11 Å². The minimum Gasteiger partial charge on any atom is -0.693 e. The van der Waals surface area contributed by atoms with Crippen molar-refractivity contribution in [3.8, 4) is 0 Å². The third-order valence-corrected chi connectivity index (χ3v) is 2.12. The molecular formula is C13H31NNoO-2. The molecule has 2 atom stereocenters. The van der Waals surface area contributed by atoms with Crippen molar-refractivity contribution in [1.29, 1.82) is 0 Å². The van der Waals surface area contributed by atoms with E-state index in [-0.39, 0.29) is 6.15 Å². The summed E-state index contributed by atoms with van der Waals surface area (Å²) in [5, 5.41) is 0. The van der Waals surface area contributed by atoms with Crippen LogP contribution in [0.1, 0.15) is 66.7 Å². The molecule has 0 radical (unpaired) electrons. The number of hydrogen-bond donors (Lipinski definition) is 0. The first-order chi connectivity index (χ1) is 6.74. The van der Waals surface area contributed by atoms with Gasteiger partial charge in [0.25, 0.3) is 0 Å². The largest absolute Gasteiger partial charge is 0.693 e. The Balaban J connectivity index is -0.0000000907. The quantitative estimate of drug-likeness (QED) is 0.459. The van der Waals surface area contributed by atoms with Gasteiger partial charge in [-0.1, -0.05) is 53.9 Å². The SMILES string of the molecule is CC.CCC.[CH2-]OC1CCC[C@@H](C)C1.[NH2-].[No]. The second-order valence-electron chi connectivity index (χ2n) is 3.77. The molecule has 1 unspecified atom stereocenters. The van der Waals surface area contributed by atoms with Crippen LogP contribution in [0.5, 0.6) is 0 Å². The Kier molecular flexibility index (Phi) is 29.5. The van der Waals surface area contributed by atoms with Gasteiger partial charge in [-0.15, -0.1) is 0 Å². The van der Waals surface area contributed by atoms with Crippen LogP contribution in [-0.2, 0) is 4.74 Å². The van der Waals surface area contributed by atoms with Crippen LogP contribution < -0.4 is 0 Å². The molecule has 0 bridgehead atoms. The van der Waals surface area contributed by atoms with Crippen LogP contribution in [0.25, 0.3) is 6.15 Å². The Bertz CT molecular complexity index is 102. The number of hydrogen-bond acceptors (Lipinski definition) is 1. The van der Waals surface area contributed by atoms with Gasteiger partial charge in [0.15, 0.2) is 0 Å². The zero-order valence-electron chi connectivity index (χ0n) is 11.7. The van der Waals surface area contributed by atoms with E-state index < -0.39 is 0 Å². The molecule has 1 aliphatic rings. The maximum absolute atomic E-state index is 5.01. The van der Waals surface area contributed by atoms with Gasteiger partial charge in [0.2, 0.25) is 0 Å². The maximum atomic E-state index is 5.01. The summed E-state index contributed by atoms with van der Waals surface area (Å²) in [6, 6.07) is 0. The molecule has 0 spiro atoms. The van der Waals surface area contributed by atoms with Gasteiger partial charge in [-0.05, 0) is 18.8 Å². The maximum Gasteiger partial charge on any atom is 0.0231 e. The molecule has 2 N–H and O–H groups in total. The van der Waals surface area contributed by atoms with E-state index >= 15 is 0 Å². The Hall–Kier alpha value is -1.08. The van der Waals surface area contributed by atoms with Crippen molar-refractivity contribution in [2.45, 2.75) is 72.8 Å². The second-order valence-corrected chi connectivity index (χ2v) is 3.77. The summed E-state index contributed by atoms with van der Waals surface area (Å²) >= 11 is 0. The third-order valence-electron chi connectivity index (χ3n) is 2.12. The Morgan fingerprint density at radius 3 is 1.88 bits per heavy atom. The van der Waals surface area contributed by atoms with Crippen LogP contribution in [-0.4, -0.2) is 6.10 Å². The molecule has 0 aliphatic heterocycles.